The topological polar surface area (TPSA) is 84.5 Å². The molecule has 1 saturated heterocycles. The van der Waals surface area contributed by atoms with Crippen molar-refractivity contribution in [1.82, 2.24) is 0 Å². The Labute approximate surface area is 162 Å². The van der Waals surface area contributed by atoms with Crippen molar-refractivity contribution >= 4 is 29.2 Å². The highest BCUT2D eigenvalue weighted by atomic mass is 16.6. The molecule has 5 rings (SSSR count). The summed E-state index contributed by atoms with van der Waals surface area (Å²) in [6.45, 7) is 0. The fourth-order valence-corrected chi connectivity index (χ4v) is 5.06. The summed E-state index contributed by atoms with van der Waals surface area (Å²) in [5.41, 5.74) is 1.76. The van der Waals surface area contributed by atoms with E-state index in [2.05, 4.69) is 10.6 Å². The number of amides is 2. The molecule has 6 nitrogen and oxygen atoms in total. The summed E-state index contributed by atoms with van der Waals surface area (Å²) in [7, 11) is 0. The van der Waals surface area contributed by atoms with Crippen molar-refractivity contribution in [3.05, 3.63) is 60.2 Å². The average molecular weight is 376 g/mol. The zero-order valence-corrected chi connectivity index (χ0v) is 15.1. The van der Waals surface area contributed by atoms with Gasteiger partial charge in [0.1, 0.15) is 6.10 Å². The van der Waals surface area contributed by atoms with Crippen LogP contribution in [-0.4, -0.2) is 23.9 Å². The SMILES string of the molecule is O=C(Nc1cccc(NC(=O)[C@@H]2[C@@H]3C[C@@H]4[C@@H]2C(=O)O[C@@H]4C3)c1)c1ccccc1. The predicted octanol–water partition coefficient (Wildman–Crippen LogP) is 3.08. The molecule has 0 aromatic heterocycles. The highest BCUT2D eigenvalue weighted by molar-refractivity contribution is 6.04. The normalized spacial score (nSPS) is 29.4. The third kappa shape index (κ3) is 2.76. The number of carbonyl (C=O) groups excluding carboxylic acids is 3. The highest BCUT2D eigenvalue weighted by Gasteiger charge is 2.63. The maximum atomic E-state index is 12.9. The van der Waals surface area contributed by atoms with Crippen molar-refractivity contribution < 1.29 is 19.1 Å². The standard InChI is InChI=1S/C22H20N2O4/c25-20(12-5-2-1-3-6-12)23-14-7-4-8-15(11-14)24-21(26)18-13-9-16-17(10-13)28-22(27)19(16)18/h1-8,11,13,16-19H,9-10H2,(H,23,25)(H,24,26)/t13-,16+,17-,18-,19+/m1/s1. The Bertz CT molecular complexity index is 956. The van der Waals surface area contributed by atoms with Crippen LogP contribution in [0.15, 0.2) is 54.6 Å². The Morgan fingerprint density at radius 1 is 0.929 bits per heavy atom. The van der Waals surface area contributed by atoms with Gasteiger partial charge in [-0.25, -0.2) is 0 Å². The van der Waals surface area contributed by atoms with E-state index in [-0.39, 0.29) is 47.6 Å². The van der Waals surface area contributed by atoms with Gasteiger partial charge >= 0.3 is 5.97 Å². The molecule has 2 saturated carbocycles. The molecule has 2 N–H and O–H groups in total. The van der Waals surface area contributed by atoms with Gasteiger partial charge in [0, 0.05) is 22.9 Å². The van der Waals surface area contributed by atoms with Crippen LogP contribution < -0.4 is 10.6 Å². The molecule has 1 heterocycles. The second-order valence-corrected chi connectivity index (χ2v) is 7.81. The molecule has 5 atom stereocenters. The fourth-order valence-electron chi connectivity index (χ4n) is 5.06. The number of hydrogen-bond donors (Lipinski definition) is 2. The van der Waals surface area contributed by atoms with E-state index in [0.29, 0.717) is 16.9 Å². The second kappa shape index (κ2) is 6.48. The van der Waals surface area contributed by atoms with Gasteiger partial charge < -0.3 is 15.4 Å². The van der Waals surface area contributed by atoms with E-state index in [1.807, 2.05) is 6.07 Å². The molecule has 3 fully saturated rings. The monoisotopic (exact) mass is 376 g/mol. The first kappa shape index (κ1) is 17.0. The molecule has 0 unspecified atom stereocenters. The van der Waals surface area contributed by atoms with E-state index in [0.717, 1.165) is 12.8 Å². The lowest BCUT2D eigenvalue weighted by Gasteiger charge is -2.23. The quantitative estimate of drug-likeness (QED) is 0.803. The van der Waals surface area contributed by atoms with E-state index in [1.54, 1.807) is 48.5 Å². The Morgan fingerprint density at radius 3 is 2.46 bits per heavy atom. The molecule has 1 aliphatic heterocycles. The van der Waals surface area contributed by atoms with Crippen molar-refractivity contribution in [2.45, 2.75) is 18.9 Å². The van der Waals surface area contributed by atoms with Crippen LogP contribution in [0.5, 0.6) is 0 Å². The van der Waals surface area contributed by atoms with Gasteiger partial charge in [-0.15, -0.1) is 0 Å². The van der Waals surface area contributed by atoms with Crippen molar-refractivity contribution in [2.24, 2.45) is 23.7 Å². The molecule has 6 heteroatoms. The Morgan fingerprint density at radius 2 is 1.68 bits per heavy atom. The van der Waals surface area contributed by atoms with Gasteiger partial charge in [-0.3, -0.25) is 14.4 Å². The number of carbonyl (C=O) groups is 3. The minimum Gasteiger partial charge on any atom is -0.462 e. The predicted molar refractivity (Wildman–Crippen MR) is 103 cm³/mol. The van der Waals surface area contributed by atoms with E-state index in [1.165, 1.54) is 0 Å². The molecular weight excluding hydrogens is 356 g/mol. The summed E-state index contributed by atoms with van der Waals surface area (Å²) in [5, 5.41) is 5.77. The number of ether oxygens (including phenoxy) is 1. The fraction of sp³-hybridized carbons (Fsp3) is 0.318. The van der Waals surface area contributed by atoms with Gasteiger partial charge in [0.2, 0.25) is 5.91 Å². The molecule has 2 aromatic rings. The van der Waals surface area contributed by atoms with Crippen LogP contribution in [0.1, 0.15) is 23.2 Å². The minimum atomic E-state index is -0.321. The third-order valence-corrected chi connectivity index (χ3v) is 6.21. The highest BCUT2D eigenvalue weighted by Crippen LogP contribution is 2.57. The summed E-state index contributed by atoms with van der Waals surface area (Å²) in [4.78, 5) is 37.3. The zero-order chi connectivity index (χ0) is 19.3. The van der Waals surface area contributed by atoms with Crippen LogP contribution in [-0.2, 0) is 14.3 Å². The first-order valence-corrected chi connectivity index (χ1v) is 9.58. The molecule has 2 aliphatic carbocycles. The molecule has 3 aliphatic rings. The summed E-state index contributed by atoms with van der Waals surface area (Å²) in [5.74, 6) is -0.780. The van der Waals surface area contributed by atoms with Crippen molar-refractivity contribution in [2.75, 3.05) is 10.6 Å². The maximum absolute atomic E-state index is 12.9. The van der Waals surface area contributed by atoms with Crippen LogP contribution in [0.2, 0.25) is 0 Å². The summed E-state index contributed by atoms with van der Waals surface area (Å²) in [6, 6.07) is 16.0. The van der Waals surface area contributed by atoms with E-state index in [9.17, 15) is 14.4 Å². The van der Waals surface area contributed by atoms with Gasteiger partial charge in [-0.05, 0) is 49.1 Å². The van der Waals surface area contributed by atoms with Gasteiger partial charge in [0.05, 0.1) is 11.8 Å². The number of esters is 1. The van der Waals surface area contributed by atoms with Gasteiger partial charge in [0.15, 0.2) is 0 Å². The van der Waals surface area contributed by atoms with Crippen molar-refractivity contribution in [1.29, 1.82) is 0 Å². The smallest absolute Gasteiger partial charge is 0.310 e. The number of rotatable bonds is 4. The number of nitrogens with one attached hydrogen (secondary N) is 2. The zero-order valence-electron chi connectivity index (χ0n) is 15.1. The molecule has 2 aromatic carbocycles. The van der Waals surface area contributed by atoms with Crippen LogP contribution in [0.3, 0.4) is 0 Å². The van der Waals surface area contributed by atoms with Crippen molar-refractivity contribution in [3.8, 4) is 0 Å². The van der Waals surface area contributed by atoms with Gasteiger partial charge in [-0.2, -0.15) is 0 Å². The second-order valence-electron chi connectivity index (χ2n) is 7.81. The van der Waals surface area contributed by atoms with E-state index < -0.39 is 0 Å². The van der Waals surface area contributed by atoms with Gasteiger partial charge in [-0.1, -0.05) is 24.3 Å². The lowest BCUT2D eigenvalue weighted by atomic mass is 9.79. The van der Waals surface area contributed by atoms with Crippen LogP contribution in [0, 0.1) is 23.7 Å². The number of fused-ring (bicyclic) bond motifs is 1. The first-order chi connectivity index (χ1) is 13.6. The third-order valence-electron chi connectivity index (χ3n) is 6.21. The van der Waals surface area contributed by atoms with Crippen LogP contribution in [0.4, 0.5) is 11.4 Å². The average Bonchev–Trinajstić information content (AvgIpc) is 3.31. The summed E-state index contributed by atoms with van der Waals surface area (Å²) >= 11 is 0. The minimum absolute atomic E-state index is 0.0167. The Hall–Kier alpha value is -3.15. The number of benzene rings is 2. The van der Waals surface area contributed by atoms with Gasteiger partial charge in [0.25, 0.3) is 5.91 Å². The molecular formula is C22H20N2O4. The molecule has 28 heavy (non-hydrogen) atoms. The molecule has 0 spiro atoms. The Balaban J connectivity index is 1.29. The maximum Gasteiger partial charge on any atom is 0.310 e. The van der Waals surface area contributed by atoms with Crippen LogP contribution in [0.25, 0.3) is 0 Å². The van der Waals surface area contributed by atoms with Crippen molar-refractivity contribution in [3.63, 3.8) is 0 Å². The largest absolute Gasteiger partial charge is 0.462 e. The number of hydrogen-bond acceptors (Lipinski definition) is 4. The molecule has 142 valence electrons. The number of anilines is 2. The van der Waals surface area contributed by atoms with E-state index >= 15 is 0 Å². The summed E-state index contributed by atoms with van der Waals surface area (Å²) in [6.07, 6.45) is 1.70. The molecule has 2 amide bonds. The van der Waals surface area contributed by atoms with Crippen LogP contribution >= 0.6 is 0 Å². The molecule has 2 bridgehead atoms. The lowest BCUT2D eigenvalue weighted by molar-refractivity contribution is -0.145. The lowest BCUT2D eigenvalue weighted by Crippen LogP contribution is -2.35. The Kier molecular flexibility index (Phi) is 3.93. The first-order valence-electron chi connectivity index (χ1n) is 9.58. The summed E-state index contributed by atoms with van der Waals surface area (Å²) < 4.78 is 5.41. The van der Waals surface area contributed by atoms with E-state index in [4.69, 9.17) is 4.74 Å². The molecule has 0 radical (unpaired) electrons.